The molecule has 0 radical (unpaired) electrons. The van der Waals surface area contributed by atoms with E-state index < -0.39 is 5.91 Å². The number of ether oxygens (including phenoxy) is 1. The second kappa shape index (κ2) is 10.6. The highest BCUT2D eigenvalue weighted by Gasteiger charge is 2.14. The van der Waals surface area contributed by atoms with Crippen LogP contribution in [0.25, 0.3) is 6.08 Å². The van der Waals surface area contributed by atoms with Crippen molar-refractivity contribution in [1.29, 1.82) is 0 Å². The van der Waals surface area contributed by atoms with E-state index in [2.05, 4.69) is 5.32 Å². The summed E-state index contributed by atoms with van der Waals surface area (Å²) in [6.45, 7) is 0.209. The highest BCUT2D eigenvalue weighted by Crippen LogP contribution is 2.17. The molecule has 6 nitrogen and oxygen atoms in total. The third-order valence-corrected chi connectivity index (χ3v) is 4.38. The minimum Gasteiger partial charge on any atom is -0.491 e. The van der Waals surface area contributed by atoms with Gasteiger partial charge in [-0.2, -0.15) is 0 Å². The fourth-order valence-corrected chi connectivity index (χ4v) is 2.81. The lowest BCUT2D eigenvalue weighted by Gasteiger charge is -2.19. The average molecular weight is 402 g/mol. The summed E-state index contributed by atoms with van der Waals surface area (Å²) in [7, 11) is 0. The molecular weight excluding hydrogens is 380 g/mol. The maximum atomic E-state index is 12.4. The Morgan fingerprint density at radius 3 is 2.17 bits per heavy atom. The number of amides is 2. The molecule has 152 valence electrons. The first kappa shape index (κ1) is 20.8. The van der Waals surface area contributed by atoms with Gasteiger partial charge in [0.1, 0.15) is 12.4 Å². The Hall–Kier alpha value is -3.90. The van der Waals surface area contributed by atoms with E-state index >= 15 is 0 Å². The molecule has 0 spiro atoms. The van der Waals surface area contributed by atoms with E-state index in [1.54, 1.807) is 35.8 Å². The second-order valence-corrected chi connectivity index (χ2v) is 6.49. The zero-order chi connectivity index (χ0) is 21.2. The quantitative estimate of drug-likeness (QED) is 0.304. The highest BCUT2D eigenvalue weighted by atomic mass is 16.5. The molecule has 6 heteroatoms. The first-order valence-corrected chi connectivity index (χ1v) is 9.41. The molecule has 0 saturated heterocycles. The molecule has 3 aromatic rings. The van der Waals surface area contributed by atoms with Crippen molar-refractivity contribution in [1.82, 2.24) is 10.8 Å². The SMILES string of the molecule is O=C(/C=C/c1ccccc1)NC(COc1ccc(C(=O)NO)cc1)c1ccccc1. The minimum atomic E-state index is -0.596. The van der Waals surface area contributed by atoms with Crippen LogP contribution in [0.5, 0.6) is 5.75 Å². The minimum absolute atomic E-state index is 0.209. The highest BCUT2D eigenvalue weighted by molar-refractivity contribution is 5.93. The number of hydrogen-bond acceptors (Lipinski definition) is 4. The van der Waals surface area contributed by atoms with Crippen LogP contribution < -0.4 is 15.5 Å². The van der Waals surface area contributed by atoms with Gasteiger partial charge >= 0.3 is 0 Å². The molecule has 0 aliphatic rings. The van der Waals surface area contributed by atoms with Crippen molar-refractivity contribution in [3.8, 4) is 5.75 Å². The van der Waals surface area contributed by atoms with Gasteiger partial charge in [0.2, 0.25) is 5.91 Å². The van der Waals surface area contributed by atoms with Gasteiger partial charge in [-0.25, -0.2) is 5.48 Å². The monoisotopic (exact) mass is 402 g/mol. The van der Waals surface area contributed by atoms with Crippen LogP contribution in [0.4, 0.5) is 0 Å². The molecule has 0 fully saturated rings. The van der Waals surface area contributed by atoms with Crippen molar-refractivity contribution in [3.63, 3.8) is 0 Å². The van der Waals surface area contributed by atoms with Gasteiger partial charge in [0, 0.05) is 11.6 Å². The molecule has 0 aromatic heterocycles. The van der Waals surface area contributed by atoms with E-state index in [0.29, 0.717) is 11.3 Å². The lowest BCUT2D eigenvalue weighted by atomic mass is 10.1. The van der Waals surface area contributed by atoms with Crippen LogP contribution in [0.3, 0.4) is 0 Å². The van der Waals surface area contributed by atoms with E-state index in [4.69, 9.17) is 9.94 Å². The maximum Gasteiger partial charge on any atom is 0.274 e. The molecule has 3 rings (SSSR count). The summed E-state index contributed by atoms with van der Waals surface area (Å²) in [6, 6.07) is 25.1. The van der Waals surface area contributed by atoms with Crippen molar-refractivity contribution in [3.05, 3.63) is 108 Å². The van der Waals surface area contributed by atoms with Crippen molar-refractivity contribution in [2.75, 3.05) is 6.61 Å². The van der Waals surface area contributed by atoms with Gasteiger partial charge in [0.15, 0.2) is 0 Å². The Morgan fingerprint density at radius 2 is 1.53 bits per heavy atom. The van der Waals surface area contributed by atoms with Gasteiger partial charge in [0.25, 0.3) is 5.91 Å². The molecule has 1 unspecified atom stereocenters. The van der Waals surface area contributed by atoms with Crippen LogP contribution in [0, 0.1) is 0 Å². The van der Waals surface area contributed by atoms with Gasteiger partial charge in [-0.15, -0.1) is 0 Å². The van der Waals surface area contributed by atoms with Crippen LogP contribution in [0.15, 0.2) is 91.0 Å². The topological polar surface area (TPSA) is 87.7 Å². The molecule has 0 aliphatic carbocycles. The van der Waals surface area contributed by atoms with Gasteiger partial charge < -0.3 is 10.1 Å². The van der Waals surface area contributed by atoms with E-state index in [1.165, 1.54) is 6.08 Å². The Labute approximate surface area is 174 Å². The van der Waals surface area contributed by atoms with E-state index in [1.807, 2.05) is 60.7 Å². The lowest BCUT2D eigenvalue weighted by Crippen LogP contribution is -2.31. The predicted octanol–water partition coefficient (Wildman–Crippen LogP) is 3.76. The molecule has 0 saturated carbocycles. The van der Waals surface area contributed by atoms with Crippen LogP contribution in [-0.2, 0) is 4.79 Å². The molecule has 0 heterocycles. The Bertz CT molecular complexity index is 987. The number of benzene rings is 3. The standard InChI is InChI=1S/C24H22N2O4/c27-23(16-11-18-7-3-1-4-8-18)25-22(19-9-5-2-6-10-19)17-30-21-14-12-20(13-15-21)24(28)26-29/h1-16,22,29H,17H2,(H,25,27)(H,26,28)/b16-11+. The first-order valence-electron chi connectivity index (χ1n) is 9.41. The zero-order valence-electron chi connectivity index (χ0n) is 16.2. The van der Waals surface area contributed by atoms with Crippen LogP contribution >= 0.6 is 0 Å². The van der Waals surface area contributed by atoms with E-state index in [-0.39, 0.29) is 18.6 Å². The molecule has 1 atom stereocenters. The number of hydrogen-bond donors (Lipinski definition) is 3. The molecule has 3 N–H and O–H groups in total. The smallest absolute Gasteiger partial charge is 0.274 e. The van der Waals surface area contributed by atoms with Crippen molar-refractivity contribution < 1.29 is 19.5 Å². The maximum absolute atomic E-state index is 12.4. The first-order chi connectivity index (χ1) is 14.7. The molecule has 2 amide bonds. The molecule has 0 bridgehead atoms. The number of hydroxylamine groups is 1. The lowest BCUT2D eigenvalue weighted by molar-refractivity contribution is -0.117. The van der Waals surface area contributed by atoms with Gasteiger partial charge in [0.05, 0.1) is 6.04 Å². The number of carbonyl (C=O) groups excluding carboxylic acids is 2. The van der Waals surface area contributed by atoms with Gasteiger partial charge in [-0.3, -0.25) is 14.8 Å². The summed E-state index contributed by atoms with van der Waals surface area (Å²) in [5.74, 6) is -0.285. The van der Waals surface area contributed by atoms with Crippen LogP contribution in [0.1, 0.15) is 27.5 Å². The zero-order valence-corrected chi connectivity index (χ0v) is 16.2. The number of nitrogens with one attached hydrogen (secondary N) is 2. The summed E-state index contributed by atoms with van der Waals surface area (Å²) < 4.78 is 5.82. The van der Waals surface area contributed by atoms with Crippen LogP contribution in [-0.4, -0.2) is 23.6 Å². The van der Waals surface area contributed by atoms with Crippen molar-refractivity contribution in [2.45, 2.75) is 6.04 Å². The van der Waals surface area contributed by atoms with E-state index in [0.717, 1.165) is 11.1 Å². The number of rotatable bonds is 8. The second-order valence-electron chi connectivity index (χ2n) is 6.49. The molecule has 30 heavy (non-hydrogen) atoms. The third kappa shape index (κ3) is 6.05. The Balaban J connectivity index is 1.66. The summed E-state index contributed by atoms with van der Waals surface area (Å²) in [5, 5.41) is 11.6. The summed E-state index contributed by atoms with van der Waals surface area (Å²) >= 11 is 0. The molecule has 3 aromatic carbocycles. The Kier molecular flexibility index (Phi) is 7.35. The predicted molar refractivity (Wildman–Crippen MR) is 114 cm³/mol. The summed E-state index contributed by atoms with van der Waals surface area (Å²) in [4.78, 5) is 23.8. The van der Waals surface area contributed by atoms with Gasteiger partial charge in [-0.05, 0) is 41.5 Å². The fourth-order valence-electron chi connectivity index (χ4n) is 2.81. The molecular formula is C24H22N2O4. The van der Waals surface area contributed by atoms with Gasteiger partial charge in [-0.1, -0.05) is 60.7 Å². The largest absolute Gasteiger partial charge is 0.491 e. The molecule has 0 aliphatic heterocycles. The summed E-state index contributed by atoms with van der Waals surface area (Å²) in [6.07, 6.45) is 3.25. The van der Waals surface area contributed by atoms with Crippen LogP contribution in [0.2, 0.25) is 0 Å². The van der Waals surface area contributed by atoms with Crippen molar-refractivity contribution in [2.24, 2.45) is 0 Å². The number of carbonyl (C=O) groups is 2. The average Bonchev–Trinajstić information content (AvgIpc) is 2.81. The van der Waals surface area contributed by atoms with E-state index in [9.17, 15) is 9.59 Å². The van der Waals surface area contributed by atoms with Crippen molar-refractivity contribution >= 4 is 17.9 Å². The summed E-state index contributed by atoms with van der Waals surface area (Å²) in [5.41, 5.74) is 3.74. The third-order valence-electron chi connectivity index (χ3n) is 4.38. The Morgan fingerprint density at radius 1 is 0.900 bits per heavy atom. The normalized spacial score (nSPS) is 11.6. The fraction of sp³-hybridized carbons (Fsp3) is 0.0833.